The fourth-order valence-electron chi connectivity index (χ4n) is 4.01. The number of carbonyl (C=O) groups is 2. The highest BCUT2D eigenvalue weighted by Crippen LogP contribution is 2.28. The second kappa shape index (κ2) is 14.2. The number of hydrogen-bond acceptors (Lipinski definition) is 5. The van der Waals surface area contributed by atoms with Crippen LogP contribution in [0.4, 0.5) is 0 Å². The zero-order valence-corrected chi connectivity index (χ0v) is 22.2. The maximum absolute atomic E-state index is 12.6. The van der Waals surface area contributed by atoms with E-state index in [1.807, 2.05) is 50.2 Å². The molecule has 0 saturated carbocycles. The fourth-order valence-corrected chi connectivity index (χ4v) is 4.01. The molecule has 37 heavy (non-hydrogen) atoms. The minimum Gasteiger partial charge on any atom is -0.507 e. The number of Topliss-reactive ketones (excluding diaryl/α,β-unsaturated/α-hetero) is 1. The minimum absolute atomic E-state index is 0.133. The third kappa shape index (κ3) is 8.21. The van der Waals surface area contributed by atoms with Crippen molar-refractivity contribution in [1.82, 2.24) is 0 Å². The molecule has 0 spiro atoms. The van der Waals surface area contributed by atoms with Crippen LogP contribution in [0.1, 0.15) is 86.4 Å². The predicted octanol–water partition coefficient (Wildman–Crippen LogP) is 8.25. The van der Waals surface area contributed by atoms with Crippen LogP contribution in [0.3, 0.4) is 0 Å². The summed E-state index contributed by atoms with van der Waals surface area (Å²) in [7, 11) is 0. The summed E-state index contributed by atoms with van der Waals surface area (Å²) >= 11 is 0. The van der Waals surface area contributed by atoms with Gasteiger partial charge in [-0.15, -0.1) is 0 Å². The molecule has 0 heterocycles. The Bertz CT molecular complexity index is 1150. The summed E-state index contributed by atoms with van der Waals surface area (Å²) in [4.78, 5) is 24.9. The van der Waals surface area contributed by atoms with Gasteiger partial charge in [-0.25, -0.2) is 4.79 Å². The number of benzene rings is 3. The molecule has 0 aliphatic heterocycles. The lowest BCUT2D eigenvalue weighted by Crippen LogP contribution is -2.11. The molecule has 0 amide bonds. The third-order valence-corrected chi connectivity index (χ3v) is 6.58. The first-order valence-corrected chi connectivity index (χ1v) is 13.4. The molecule has 0 bridgehead atoms. The Kier molecular flexibility index (Phi) is 10.8. The third-order valence-electron chi connectivity index (χ3n) is 6.58. The molecule has 0 saturated heterocycles. The standard InChI is InChI=1S/C32H38O5/c1-4-6-7-8-9-10-21-36-27-17-15-25(16-18-27)24-11-13-26(14-12-24)32(35)37-28-19-20-29(30(33)22-28)31(34)23(3)5-2/h11-20,22-23,33H,4-10,21H2,1-3H3. The molecular weight excluding hydrogens is 464 g/mol. The van der Waals surface area contributed by atoms with Gasteiger partial charge >= 0.3 is 5.97 Å². The van der Waals surface area contributed by atoms with Gasteiger partial charge in [-0.05, 0) is 60.4 Å². The van der Waals surface area contributed by atoms with Crippen LogP contribution in [-0.4, -0.2) is 23.5 Å². The molecule has 0 aliphatic rings. The number of phenolic OH excluding ortho intramolecular Hbond substituents is 1. The number of ether oxygens (including phenoxy) is 2. The van der Waals surface area contributed by atoms with Crippen LogP contribution < -0.4 is 9.47 Å². The van der Waals surface area contributed by atoms with E-state index in [9.17, 15) is 14.7 Å². The van der Waals surface area contributed by atoms with Crippen LogP contribution >= 0.6 is 0 Å². The number of unbranched alkanes of at least 4 members (excludes halogenated alkanes) is 5. The van der Waals surface area contributed by atoms with Crippen LogP contribution in [0, 0.1) is 5.92 Å². The molecule has 0 fully saturated rings. The molecule has 0 radical (unpaired) electrons. The number of phenols is 1. The zero-order chi connectivity index (χ0) is 26.6. The van der Waals surface area contributed by atoms with Crippen molar-refractivity contribution in [2.75, 3.05) is 6.61 Å². The van der Waals surface area contributed by atoms with E-state index in [-0.39, 0.29) is 28.8 Å². The summed E-state index contributed by atoms with van der Waals surface area (Å²) in [6, 6.07) is 19.4. The lowest BCUT2D eigenvalue weighted by atomic mass is 9.96. The Labute approximate surface area is 220 Å². The summed E-state index contributed by atoms with van der Waals surface area (Å²) in [5.74, 6) is -0.00490. The monoisotopic (exact) mass is 502 g/mol. The van der Waals surface area contributed by atoms with E-state index in [1.165, 1.54) is 50.3 Å². The van der Waals surface area contributed by atoms with Gasteiger partial charge < -0.3 is 14.6 Å². The van der Waals surface area contributed by atoms with Crippen molar-refractivity contribution >= 4 is 11.8 Å². The van der Waals surface area contributed by atoms with Crippen LogP contribution in [-0.2, 0) is 0 Å². The Morgan fingerprint density at radius 1 is 0.784 bits per heavy atom. The van der Waals surface area contributed by atoms with Gasteiger partial charge in [-0.3, -0.25) is 4.79 Å². The molecule has 3 aromatic carbocycles. The maximum atomic E-state index is 12.6. The van der Waals surface area contributed by atoms with Crippen molar-refractivity contribution in [2.45, 2.75) is 65.7 Å². The topological polar surface area (TPSA) is 72.8 Å². The molecule has 1 N–H and O–H groups in total. The summed E-state index contributed by atoms with van der Waals surface area (Å²) in [5.41, 5.74) is 2.63. The second-order valence-electron chi connectivity index (χ2n) is 9.46. The summed E-state index contributed by atoms with van der Waals surface area (Å²) in [5, 5.41) is 10.3. The SMILES string of the molecule is CCCCCCCCOc1ccc(-c2ccc(C(=O)Oc3ccc(C(=O)C(C)CC)c(O)c3)cc2)cc1. The van der Waals surface area contributed by atoms with E-state index in [0.717, 1.165) is 29.9 Å². The summed E-state index contributed by atoms with van der Waals surface area (Å²) in [6.07, 6.45) is 8.11. The Balaban J connectivity index is 1.53. The Morgan fingerprint density at radius 3 is 2.00 bits per heavy atom. The number of ketones is 1. The molecule has 0 aliphatic carbocycles. The van der Waals surface area contributed by atoms with E-state index < -0.39 is 5.97 Å². The predicted molar refractivity (Wildman–Crippen MR) is 148 cm³/mol. The highest BCUT2D eigenvalue weighted by atomic mass is 16.5. The number of rotatable bonds is 14. The van der Waals surface area contributed by atoms with Crippen LogP contribution in [0.2, 0.25) is 0 Å². The van der Waals surface area contributed by atoms with Gasteiger partial charge in [0.05, 0.1) is 17.7 Å². The highest BCUT2D eigenvalue weighted by Gasteiger charge is 2.18. The average molecular weight is 503 g/mol. The molecule has 1 atom stereocenters. The van der Waals surface area contributed by atoms with Crippen molar-refractivity contribution in [3.05, 3.63) is 77.9 Å². The lowest BCUT2D eigenvalue weighted by molar-refractivity contribution is 0.0734. The quantitative estimate of drug-likeness (QED) is 0.104. The Morgan fingerprint density at radius 2 is 1.38 bits per heavy atom. The van der Waals surface area contributed by atoms with Crippen LogP contribution in [0.25, 0.3) is 11.1 Å². The summed E-state index contributed by atoms with van der Waals surface area (Å²) < 4.78 is 11.3. The first kappa shape index (κ1) is 28.0. The normalized spacial score (nSPS) is 11.6. The average Bonchev–Trinajstić information content (AvgIpc) is 2.92. The van der Waals surface area contributed by atoms with Gasteiger partial charge in [-0.1, -0.05) is 77.1 Å². The fraction of sp³-hybridized carbons (Fsp3) is 0.375. The van der Waals surface area contributed by atoms with Gasteiger partial charge in [0.1, 0.15) is 17.2 Å². The second-order valence-corrected chi connectivity index (χ2v) is 9.46. The maximum Gasteiger partial charge on any atom is 0.343 e. The number of carbonyl (C=O) groups excluding carboxylic acids is 2. The van der Waals surface area contributed by atoms with Crippen molar-refractivity contribution < 1.29 is 24.2 Å². The van der Waals surface area contributed by atoms with Crippen molar-refractivity contribution in [3.63, 3.8) is 0 Å². The molecule has 5 heteroatoms. The first-order chi connectivity index (χ1) is 17.9. The van der Waals surface area contributed by atoms with Crippen LogP contribution in [0.5, 0.6) is 17.2 Å². The van der Waals surface area contributed by atoms with E-state index in [0.29, 0.717) is 12.0 Å². The van der Waals surface area contributed by atoms with Gasteiger partial charge in [0.2, 0.25) is 0 Å². The van der Waals surface area contributed by atoms with E-state index >= 15 is 0 Å². The molecule has 3 rings (SSSR count). The number of hydrogen-bond donors (Lipinski definition) is 1. The van der Waals surface area contributed by atoms with E-state index in [4.69, 9.17) is 9.47 Å². The van der Waals surface area contributed by atoms with E-state index in [2.05, 4.69) is 6.92 Å². The molecular formula is C32H38O5. The molecule has 196 valence electrons. The van der Waals surface area contributed by atoms with Gasteiger partial charge in [0.25, 0.3) is 0 Å². The number of aromatic hydroxyl groups is 1. The van der Waals surface area contributed by atoms with Gasteiger partial charge in [0, 0.05) is 12.0 Å². The lowest BCUT2D eigenvalue weighted by Gasteiger charge is -2.11. The molecule has 3 aromatic rings. The highest BCUT2D eigenvalue weighted by molar-refractivity contribution is 6.00. The minimum atomic E-state index is -0.537. The molecule has 0 aromatic heterocycles. The molecule has 5 nitrogen and oxygen atoms in total. The zero-order valence-electron chi connectivity index (χ0n) is 22.2. The smallest absolute Gasteiger partial charge is 0.343 e. The van der Waals surface area contributed by atoms with Gasteiger partial charge in [-0.2, -0.15) is 0 Å². The van der Waals surface area contributed by atoms with Crippen LogP contribution in [0.15, 0.2) is 66.7 Å². The number of esters is 1. The largest absolute Gasteiger partial charge is 0.507 e. The summed E-state index contributed by atoms with van der Waals surface area (Å²) in [6.45, 7) is 6.70. The Hall–Kier alpha value is -3.60. The molecule has 1 unspecified atom stereocenters. The van der Waals surface area contributed by atoms with E-state index in [1.54, 1.807) is 12.1 Å². The van der Waals surface area contributed by atoms with Crippen molar-refractivity contribution in [3.8, 4) is 28.4 Å². The van der Waals surface area contributed by atoms with Gasteiger partial charge in [0.15, 0.2) is 5.78 Å². The van der Waals surface area contributed by atoms with Crippen molar-refractivity contribution in [2.24, 2.45) is 5.92 Å². The van der Waals surface area contributed by atoms with Crippen molar-refractivity contribution in [1.29, 1.82) is 0 Å². The first-order valence-electron chi connectivity index (χ1n) is 13.4.